The average Bonchev–Trinajstić information content (AvgIpc) is 3.34. The van der Waals surface area contributed by atoms with E-state index in [1.165, 1.54) is 0 Å². The van der Waals surface area contributed by atoms with Gasteiger partial charge in [-0.05, 0) is 48.5 Å². The van der Waals surface area contributed by atoms with Gasteiger partial charge in [0.15, 0.2) is 0 Å². The van der Waals surface area contributed by atoms with Gasteiger partial charge < -0.3 is 18.6 Å². The van der Waals surface area contributed by atoms with Crippen LogP contribution in [0.3, 0.4) is 0 Å². The third-order valence-corrected chi connectivity index (χ3v) is 4.02. The maximum absolute atomic E-state index is 12.5. The minimum atomic E-state index is -0.135. The van der Waals surface area contributed by atoms with E-state index in [1.807, 2.05) is 12.1 Å². The summed E-state index contributed by atoms with van der Waals surface area (Å²) in [5.41, 5.74) is 1.04. The zero-order chi connectivity index (χ0) is 18.5. The molecule has 2 heterocycles. The number of hydrogen-bond acceptors (Lipinski definition) is 4. The third kappa shape index (κ3) is 4.03. The normalized spacial score (nSPS) is 10.5. The van der Waals surface area contributed by atoms with E-state index in [1.54, 1.807) is 72.8 Å². The van der Waals surface area contributed by atoms with Gasteiger partial charge in [0.2, 0.25) is 0 Å². The minimum absolute atomic E-state index is 0.135. The van der Waals surface area contributed by atoms with E-state index in [0.29, 0.717) is 35.7 Å². The lowest BCUT2D eigenvalue weighted by molar-refractivity contribution is 0.0764. The fourth-order valence-electron chi connectivity index (χ4n) is 2.61. The number of rotatable bonds is 6. The number of furan rings is 2. The molecule has 0 saturated heterocycles. The average molecular weight is 352 g/mol. The summed E-state index contributed by atoms with van der Waals surface area (Å²) in [7, 11) is 3.42. The van der Waals surface area contributed by atoms with Crippen molar-refractivity contribution in [3.8, 4) is 0 Å². The van der Waals surface area contributed by atoms with Crippen molar-refractivity contribution in [3.63, 3.8) is 0 Å². The number of benzene rings is 1. The molecule has 0 spiro atoms. The Morgan fingerprint density at radius 2 is 1.12 bits per heavy atom. The predicted octanol–water partition coefficient (Wildman–Crippen LogP) is 3.42. The van der Waals surface area contributed by atoms with Gasteiger partial charge in [0, 0.05) is 25.2 Å². The molecule has 2 aromatic heterocycles. The summed E-state index contributed by atoms with van der Waals surface area (Å²) in [6.07, 6.45) is 3.15. The Bertz CT molecular complexity index is 779. The van der Waals surface area contributed by atoms with Crippen molar-refractivity contribution in [2.75, 3.05) is 14.1 Å². The van der Waals surface area contributed by atoms with Crippen LogP contribution in [0.25, 0.3) is 0 Å². The Hall–Kier alpha value is -3.28. The first-order valence-corrected chi connectivity index (χ1v) is 8.20. The molecule has 26 heavy (non-hydrogen) atoms. The molecule has 6 heteroatoms. The Kier molecular flexibility index (Phi) is 5.22. The lowest BCUT2D eigenvalue weighted by Gasteiger charge is -2.17. The highest BCUT2D eigenvalue weighted by atomic mass is 16.3. The molecule has 134 valence electrons. The van der Waals surface area contributed by atoms with Crippen LogP contribution >= 0.6 is 0 Å². The van der Waals surface area contributed by atoms with Crippen LogP contribution < -0.4 is 0 Å². The number of carbonyl (C=O) groups is 2. The van der Waals surface area contributed by atoms with Gasteiger partial charge in [-0.15, -0.1) is 0 Å². The van der Waals surface area contributed by atoms with Gasteiger partial charge >= 0.3 is 0 Å². The van der Waals surface area contributed by atoms with Crippen molar-refractivity contribution in [3.05, 3.63) is 83.7 Å². The van der Waals surface area contributed by atoms with Crippen LogP contribution in [0.4, 0.5) is 0 Å². The molecule has 0 unspecified atom stereocenters. The number of hydrogen-bond donors (Lipinski definition) is 0. The first-order valence-electron chi connectivity index (χ1n) is 8.20. The Morgan fingerprint density at radius 1 is 0.731 bits per heavy atom. The molecular weight excluding hydrogens is 332 g/mol. The van der Waals surface area contributed by atoms with Gasteiger partial charge in [-0.3, -0.25) is 9.59 Å². The molecule has 0 bridgehead atoms. The third-order valence-electron chi connectivity index (χ3n) is 4.02. The van der Waals surface area contributed by atoms with E-state index in [0.717, 1.165) is 0 Å². The largest absolute Gasteiger partial charge is 0.467 e. The second-order valence-electron chi connectivity index (χ2n) is 6.06. The quantitative estimate of drug-likeness (QED) is 0.682. The first kappa shape index (κ1) is 17.5. The summed E-state index contributed by atoms with van der Waals surface area (Å²) in [6, 6.07) is 13.9. The van der Waals surface area contributed by atoms with Crippen molar-refractivity contribution in [1.82, 2.24) is 9.80 Å². The fraction of sp³-hybridized carbons (Fsp3) is 0.200. The monoisotopic (exact) mass is 352 g/mol. The topological polar surface area (TPSA) is 66.9 Å². The summed E-state index contributed by atoms with van der Waals surface area (Å²) in [4.78, 5) is 28.1. The highest BCUT2D eigenvalue weighted by molar-refractivity contribution is 5.97. The number of carbonyl (C=O) groups excluding carboxylic acids is 2. The molecule has 0 atom stereocenters. The van der Waals surface area contributed by atoms with Crippen LogP contribution in [0.2, 0.25) is 0 Å². The van der Waals surface area contributed by atoms with E-state index in [-0.39, 0.29) is 11.8 Å². The van der Waals surface area contributed by atoms with E-state index in [4.69, 9.17) is 8.83 Å². The molecule has 0 aliphatic carbocycles. The van der Waals surface area contributed by atoms with E-state index in [9.17, 15) is 9.59 Å². The zero-order valence-electron chi connectivity index (χ0n) is 14.7. The van der Waals surface area contributed by atoms with Gasteiger partial charge in [-0.1, -0.05) is 0 Å². The molecule has 1 aromatic carbocycles. The molecule has 0 aliphatic heterocycles. The number of amides is 2. The molecule has 0 radical (unpaired) electrons. The van der Waals surface area contributed by atoms with Crippen molar-refractivity contribution in [2.24, 2.45) is 0 Å². The second kappa shape index (κ2) is 7.74. The summed E-state index contributed by atoms with van der Waals surface area (Å²) < 4.78 is 10.5. The maximum atomic E-state index is 12.5. The summed E-state index contributed by atoms with van der Waals surface area (Å²) in [5.74, 6) is 1.16. The van der Waals surface area contributed by atoms with E-state index >= 15 is 0 Å². The zero-order valence-corrected chi connectivity index (χ0v) is 14.7. The molecule has 3 aromatic rings. The van der Waals surface area contributed by atoms with Crippen LogP contribution in [-0.2, 0) is 13.1 Å². The van der Waals surface area contributed by atoms with Crippen molar-refractivity contribution in [1.29, 1.82) is 0 Å². The second-order valence-corrected chi connectivity index (χ2v) is 6.06. The molecule has 0 N–H and O–H groups in total. The standard InChI is InChI=1S/C20H20N2O4/c1-21(13-17-5-3-11-25-17)19(23)15-7-9-16(10-8-15)20(24)22(2)14-18-6-4-12-26-18/h3-12H,13-14H2,1-2H3. The number of nitrogens with zero attached hydrogens (tertiary/aromatic N) is 2. The molecule has 0 fully saturated rings. The molecule has 6 nitrogen and oxygen atoms in total. The Balaban J connectivity index is 1.63. The van der Waals surface area contributed by atoms with Crippen LogP contribution in [0.5, 0.6) is 0 Å². The maximum Gasteiger partial charge on any atom is 0.254 e. The van der Waals surface area contributed by atoms with E-state index < -0.39 is 0 Å². The van der Waals surface area contributed by atoms with Crippen molar-refractivity contribution >= 4 is 11.8 Å². The lowest BCUT2D eigenvalue weighted by atomic mass is 10.1. The van der Waals surface area contributed by atoms with Gasteiger partial charge in [0.1, 0.15) is 11.5 Å². The van der Waals surface area contributed by atoms with Gasteiger partial charge in [0.25, 0.3) is 11.8 Å². The summed E-state index contributed by atoms with van der Waals surface area (Å²) in [5, 5.41) is 0. The van der Waals surface area contributed by atoms with Crippen LogP contribution in [0, 0.1) is 0 Å². The summed E-state index contributed by atoms with van der Waals surface area (Å²) >= 11 is 0. The molecule has 0 aliphatic rings. The molecular formula is C20H20N2O4. The minimum Gasteiger partial charge on any atom is -0.467 e. The molecule has 2 amide bonds. The van der Waals surface area contributed by atoms with Crippen LogP contribution in [0.15, 0.2) is 69.9 Å². The molecule has 0 saturated carbocycles. The highest BCUT2D eigenvalue weighted by Crippen LogP contribution is 2.13. The lowest BCUT2D eigenvalue weighted by Crippen LogP contribution is -2.27. The van der Waals surface area contributed by atoms with E-state index in [2.05, 4.69) is 0 Å². The Labute approximate surface area is 151 Å². The highest BCUT2D eigenvalue weighted by Gasteiger charge is 2.16. The SMILES string of the molecule is CN(Cc1ccco1)C(=O)c1ccc(C(=O)N(C)Cc2ccco2)cc1. The smallest absolute Gasteiger partial charge is 0.254 e. The van der Waals surface area contributed by atoms with Gasteiger partial charge in [-0.2, -0.15) is 0 Å². The van der Waals surface area contributed by atoms with Gasteiger partial charge in [0.05, 0.1) is 25.6 Å². The summed E-state index contributed by atoms with van der Waals surface area (Å²) in [6.45, 7) is 0.775. The first-order chi connectivity index (χ1) is 12.5. The fourth-order valence-corrected chi connectivity index (χ4v) is 2.61. The van der Waals surface area contributed by atoms with Crippen molar-refractivity contribution in [2.45, 2.75) is 13.1 Å². The predicted molar refractivity (Wildman–Crippen MR) is 95.5 cm³/mol. The van der Waals surface area contributed by atoms with Gasteiger partial charge in [-0.25, -0.2) is 0 Å². The van der Waals surface area contributed by atoms with Crippen molar-refractivity contribution < 1.29 is 18.4 Å². The van der Waals surface area contributed by atoms with Crippen LogP contribution in [-0.4, -0.2) is 35.7 Å². The Morgan fingerprint density at radius 3 is 1.42 bits per heavy atom. The van der Waals surface area contributed by atoms with Crippen LogP contribution in [0.1, 0.15) is 32.2 Å². The molecule has 3 rings (SSSR count).